The first-order valence-electron chi connectivity index (χ1n) is 10.1. The first-order valence-corrected chi connectivity index (χ1v) is 11.5. The molecule has 0 aliphatic carbocycles. The van der Waals surface area contributed by atoms with Crippen molar-refractivity contribution in [3.05, 3.63) is 29.6 Å². The smallest absolute Gasteiger partial charge is 0.407 e. The molecule has 1 fully saturated rings. The molecule has 1 saturated heterocycles. The van der Waals surface area contributed by atoms with Crippen LogP contribution >= 0.6 is 13.5 Å². The summed E-state index contributed by atoms with van der Waals surface area (Å²) in [5.74, 6) is -1.20. The Morgan fingerprint density at radius 2 is 1.97 bits per heavy atom. The van der Waals surface area contributed by atoms with E-state index in [9.17, 15) is 22.4 Å². The molecule has 1 aromatic carbocycles. The van der Waals surface area contributed by atoms with E-state index in [2.05, 4.69) is 15.4 Å². The summed E-state index contributed by atoms with van der Waals surface area (Å²) in [5, 5.41) is 5.22. The summed E-state index contributed by atoms with van der Waals surface area (Å²) in [6.45, 7) is 8.69. The van der Waals surface area contributed by atoms with Crippen molar-refractivity contribution in [2.45, 2.75) is 52.7 Å². The standard InChI is InChI=1S/C20H31FN4O5S.H2S/c1-13-10-16(6-7-17(13)21)23-18(26)15-8-9-25(12-15)31(28,29)24-14(2)11-22-19(27)30-20(3,4)5;/h6-7,10,14-15,24H,8-9,11-12H2,1-5H3,(H,22,27)(H,23,26);1H2/t14?,15-;/m0./s1. The fourth-order valence-corrected chi connectivity index (χ4v) is 4.51. The molecule has 0 bridgehead atoms. The second kappa shape index (κ2) is 11.3. The average molecular weight is 493 g/mol. The summed E-state index contributed by atoms with van der Waals surface area (Å²) in [7, 11) is -3.83. The number of aryl methyl sites for hydroxylation is 1. The number of anilines is 1. The van der Waals surface area contributed by atoms with E-state index >= 15 is 0 Å². The summed E-state index contributed by atoms with van der Waals surface area (Å²) in [6.07, 6.45) is -0.259. The molecule has 1 aliphatic heterocycles. The van der Waals surface area contributed by atoms with Crippen LogP contribution in [0.4, 0.5) is 14.9 Å². The van der Waals surface area contributed by atoms with E-state index in [4.69, 9.17) is 4.74 Å². The van der Waals surface area contributed by atoms with Gasteiger partial charge in [0.2, 0.25) is 5.91 Å². The van der Waals surface area contributed by atoms with Gasteiger partial charge in [0, 0.05) is 31.4 Å². The van der Waals surface area contributed by atoms with Crippen LogP contribution in [0.5, 0.6) is 0 Å². The predicted octanol–water partition coefficient (Wildman–Crippen LogP) is 2.25. The number of alkyl carbamates (subject to hydrolysis) is 1. The van der Waals surface area contributed by atoms with E-state index in [-0.39, 0.29) is 44.9 Å². The number of carbonyl (C=O) groups is 2. The summed E-state index contributed by atoms with van der Waals surface area (Å²) >= 11 is 0. The number of benzene rings is 1. The maximum absolute atomic E-state index is 13.4. The van der Waals surface area contributed by atoms with Gasteiger partial charge < -0.3 is 15.4 Å². The molecule has 1 heterocycles. The van der Waals surface area contributed by atoms with E-state index in [0.717, 1.165) is 0 Å². The lowest BCUT2D eigenvalue weighted by Crippen LogP contribution is -2.48. The van der Waals surface area contributed by atoms with E-state index < -0.39 is 33.9 Å². The Labute approximate surface area is 196 Å². The van der Waals surface area contributed by atoms with Crippen LogP contribution in [0.15, 0.2) is 18.2 Å². The number of hydrogen-bond donors (Lipinski definition) is 3. The molecule has 9 nitrogen and oxygen atoms in total. The van der Waals surface area contributed by atoms with Crippen LogP contribution in [0.25, 0.3) is 0 Å². The highest BCUT2D eigenvalue weighted by Crippen LogP contribution is 2.22. The number of rotatable bonds is 7. The zero-order valence-electron chi connectivity index (χ0n) is 19.0. The lowest BCUT2D eigenvalue weighted by atomic mass is 10.1. The molecule has 182 valence electrons. The minimum atomic E-state index is -3.83. The molecule has 0 spiro atoms. The third-order valence-corrected chi connectivity index (χ3v) is 6.30. The monoisotopic (exact) mass is 492 g/mol. The van der Waals surface area contributed by atoms with Gasteiger partial charge >= 0.3 is 6.09 Å². The molecule has 2 amide bonds. The number of halogens is 1. The Morgan fingerprint density at radius 3 is 2.56 bits per heavy atom. The van der Waals surface area contributed by atoms with Gasteiger partial charge in [0.1, 0.15) is 11.4 Å². The molecular formula is C20H33FN4O5S2. The van der Waals surface area contributed by atoms with Crippen LogP contribution in [-0.4, -0.2) is 56.0 Å². The Balaban J connectivity index is 0.00000512. The van der Waals surface area contributed by atoms with Gasteiger partial charge in [-0.05, 0) is 64.8 Å². The molecule has 32 heavy (non-hydrogen) atoms. The van der Waals surface area contributed by atoms with Crippen molar-refractivity contribution >= 4 is 41.4 Å². The SMILES string of the molecule is Cc1cc(NC(=O)[C@H]2CCN(S(=O)(=O)NC(C)CNC(=O)OC(C)(C)C)C2)ccc1F.S. The molecule has 3 N–H and O–H groups in total. The Hall–Kier alpha value is -1.89. The van der Waals surface area contributed by atoms with Crippen LogP contribution in [0.1, 0.15) is 39.7 Å². The summed E-state index contributed by atoms with van der Waals surface area (Å²) in [4.78, 5) is 24.2. The maximum Gasteiger partial charge on any atom is 0.407 e. The highest BCUT2D eigenvalue weighted by atomic mass is 32.2. The fourth-order valence-electron chi connectivity index (χ4n) is 3.05. The zero-order chi connectivity index (χ0) is 23.4. The van der Waals surface area contributed by atoms with Crippen molar-refractivity contribution in [3.63, 3.8) is 0 Å². The second-order valence-electron chi connectivity index (χ2n) is 8.70. The number of nitrogens with zero attached hydrogens (tertiary/aromatic N) is 1. The van der Waals surface area contributed by atoms with Gasteiger partial charge in [-0.25, -0.2) is 9.18 Å². The number of amides is 2. The van der Waals surface area contributed by atoms with Crippen molar-refractivity contribution in [1.82, 2.24) is 14.3 Å². The van der Waals surface area contributed by atoms with Gasteiger partial charge in [-0.2, -0.15) is 30.9 Å². The lowest BCUT2D eigenvalue weighted by Gasteiger charge is -2.23. The van der Waals surface area contributed by atoms with Gasteiger partial charge in [0.25, 0.3) is 10.2 Å². The molecular weight excluding hydrogens is 459 g/mol. The van der Waals surface area contributed by atoms with Crippen LogP contribution in [0, 0.1) is 18.7 Å². The van der Waals surface area contributed by atoms with Crippen LogP contribution in [-0.2, 0) is 19.7 Å². The van der Waals surface area contributed by atoms with Gasteiger partial charge in [-0.15, -0.1) is 0 Å². The number of hydrogen-bond acceptors (Lipinski definition) is 5. The minimum Gasteiger partial charge on any atom is -0.444 e. The highest BCUT2D eigenvalue weighted by molar-refractivity contribution is 7.87. The van der Waals surface area contributed by atoms with E-state index in [1.54, 1.807) is 34.6 Å². The minimum absolute atomic E-state index is 0. The van der Waals surface area contributed by atoms with Crippen molar-refractivity contribution in [2.75, 3.05) is 25.0 Å². The van der Waals surface area contributed by atoms with E-state index in [1.165, 1.54) is 22.5 Å². The molecule has 0 aromatic heterocycles. The average Bonchev–Trinajstić information content (AvgIpc) is 3.13. The Kier molecular flexibility index (Phi) is 9.94. The van der Waals surface area contributed by atoms with Gasteiger partial charge in [-0.1, -0.05) is 0 Å². The summed E-state index contributed by atoms with van der Waals surface area (Å²) in [6, 6.07) is 3.68. The van der Waals surface area contributed by atoms with Gasteiger partial charge in [-0.3, -0.25) is 4.79 Å². The van der Waals surface area contributed by atoms with E-state index in [0.29, 0.717) is 17.7 Å². The normalized spacial score (nSPS) is 17.9. The summed E-state index contributed by atoms with van der Waals surface area (Å²) < 4.78 is 47.4. The van der Waals surface area contributed by atoms with Crippen molar-refractivity contribution in [2.24, 2.45) is 5.92 Å². The topological polar surface area (TPSA) is 117 Å². The molecule has 2 atom stereocenters. The number of carbonyl (C=O) groups excluding carboxylic acids is 2. The third kappa shape index (κ3) is 8.57. The second-order valence-corrected chi connectivity index (χ2v) is 10.4. The largest absolute Gasteiger partial charge is 0.444 e. The van der Waals surface area contributed by atoms with Crippen LogP contribution < -0.4 is 15.4 Å². The molecule has 1 unspecified atom stereocenters. The quantitative estimate of drug-likeness (QED) is 0.540. The first kappa shape index (κ1) is 28.1. The predicted molar refractivity (Wildman–Crippen MR) is 126 cm³/mol. The molecule has 0 saturated carbocycles. The molecule has 1 aliphatic rings. The van der Waals surface area contributed by atoms with Crippen molar-refractivity contribution in [3.8, 4) is 0 Å². The van der Waals surface area contributed by atoms with Gasteiger partial charge in [0.15, 0.2) is 0 Å². The van der Waals surface area contributed by atoms with Crippen LogP contribution in [0.2, 0.25) is 0 Å². The maximum atomic E-state index is 13.4. The number of ether oxygens (including phenoxy) is 1. The Bertz CT molecular complexity index is 921. The van der Waals surface area contributed by atoms with E-state index in [1.807, 2.05) is 0 Å². The molecule has 1 aromatic rings. The first-order chi connectivity index (χ1) is 14.3. The molecule has 2 rings (SSSR count). The van der Waals surface area contributed by atoms with Crippen molar-refractivity contribution < 1.29 is 27.1 Å². The molecule has 12 heteroatoms. The molecule has 0 radical (unpaired) electrons. The number of nitrogens with one attached hydrogen (secondary N) is 3. The summed E-state index contributed by atoms with van der Waals surface area (Å²) in [5.41, 5.74) is 0.224. The highest BCUT2D eigenvalue weighted by Gasteiger charge is 2.35. The zero-order valence-corrected chi connectivity index (χ0v) is 20.8. The fraction of sp³-hybridized carbons (Fsp3) is 0.600. The van der Waals surface area contributed by atoms with Crippen LogP contribution in [0.3, 0.4) is 0 Å². The third-order valence-electron chi connectivity index (χ3n) is 4.59. The lowest BCUT2D eigenvalue weighted by molar-refractivity contribution is -0.119. The van der Waals surface area contributed by atoms with Gasteiger partial charge in [0.05, 0.1) is 5.92 Å². The van der Waals surface area contributed by atoms with Crippen molar-refractivity contribution in [1.29, 1.82) is 0 Å². The Morgan fingerprint density at radius 1 is 1.31 bits per heavy atom.